The molecule has 0 bridgehead atoms. The number of carbonyl (C=O) groups is 1. The maximum atomic E-state index is 12.0. The summed E-state index contributed by atoms with van der Waals surface area (Å²) in [4.78, 5) is 12.0. The van der Waals surface area contributed by atoms with E-state index in [0.717, 1.165) is 16.9 Å². The summed E-state index contributed by atoms with van der Waals surface area (Å²) < 4.78 is 17.4. The van der Waals surface area contributed by atoms with E-state index < -0.39 is 5.97 Å². The zero-order chi connectivity index (χ0) is 25.2. The normalized spacial score (nSPS) is 13.1. The van der Waals surface area contributed by atoms with E-state index >= 15 is 0 Å². The van der Waals surface area contributed by atoms with Crippen molar-refractivity contribution in [2.45, 2.75) is 20.5 Å². The number of benzene rings is 3. The van der Waals surface area contributed by atoms with Gasteiger partial charge in [0.15, 0.2) is 11.5 Å². The summed E-state index contributed by atoms with van der Waals surface area (Å²) in [7, 11) is 1.61. The molecule has 1 heterocycles. The van der Waals surface area contributed by atoms with E-state index in [1.165, 1.54) is 6.21 Å². The molecule has 0 aliphatic carbocycles. The highest BCUT2D eigenvalue weighted by molar-refractivity contribution is 6.01. The summed E-state index contributed by atoms with van der Waals surface area (Å²) in [6.07, 6.45) is 3.07. The van der Waals surface area contributed by atoms with Crippen LogP contribution >= 0.6 is 0 Å². The summed E-state index contributed by atoms with van der Waals surface area (Å²) in [5.74, 6) is 1.11. The molecule has 0 atom stereocenters. The van der Waals surface area contributed by atoms with Gasteiger partial charge < -0.3 is 30.0 Å². The molecule has 3 N–H and O–H groups in total. The number of hydrogen-bond acceptors (Lipinski definition) is 6. The van der Waals surface area contributed by atoms with E-state index in [-0.39, 0.29) is 18.1 Å². The minimum atomic E-state index is -1.10. The van der Waals surface area contributed by atoms with Gasteiger partial charge in [0.25, 0.3) is 0 Å². The lowest BCUT2D eigenvalue weighted by atomic mass is 9.96. The third kappa shape index (κ3) is 6.09. The zero-order valence-corrected chi connectivity index (χ0v) is 19.9. The summed E-state index contributed by atoms with van der Waals surface area (Å²) in [6, 6.07) is 22.4. The Kier molecular flexibility index (Phi) is 8.67. The fourth-order valence-electron chi connectivity index (χ4n) is 3.49. The van der Waals surface area contributed by atoms with Crippen molar-refractivity contribution in [1.82, 2.24) is 5.32 Å². The van der Waals surface area contributed by atoms with E-state index in [4.69, 9.17) is 19.6 Å². The van der Waals surface area contributed by atoms with Gasteiger partial charge in [-0.2, -0.15) is 0 Å². The molecule has 0 spiro atoms. The molecule has 0 amide bonds. The van der Waals surface area contributed by atoms with Gasteiger partial charge in [-0.05, 0) is 56.0 Å². The maximum Gasteiger partial charge on any atom is 0.356 e. The molecular weight excluding hydrogens is 444 g/mol. The van der Waals surface area contributed by atoms with E-state index in [9.17, 15) is 9.90 Å². The number of methoxy groups -OCH3 is 1. The van der Waals surface area contributed by atoms with Gasteiger partial charge in [0.05, 0.1) is 12.7 Å². The fourth-order valence-corrected chi connectivity index (χ4v) is 3.49. The monoisotopic (exact) mass is 472 g/mol. The Balaban J connectivity index is 0.00000108. The van der Waals surface area contributed by atoms with Gasteiger partial charge in [0.2, 0.25) is 0 Å². The van der Waals surface area contributed by atoms with Crippen LogP contribution in [0.2, 0.25) is 0 Å². The van der Waals surface area contributed by atoms with Crippen molar-refractivity contribution in [3.05, 3.63) is 101 Å². The SMILES string of the molecule is CC=C1NC(C(=O)O)=C(OCc2ccccc2)c2cccc(Oc3ccc(OC)cc3)c21.CC=N. The van der Waals surface area contributed by atoms with E-state index in [2.05, 4.69) is 5.32 Å². The molecule has 3 aromatic carbocycles. The summed E-state index contributed by atoms with van der Waals surface area (Å²) in [6.45, 7) is 3.74. The van der Waals surface area contributed by atoms with Gasteiger partial charge >= 0.3 is 5.97 Å². The van der Waals surface area contributed by atoms with Crippen molar-refractivity contribution in [2.75, 3.05) is 7.11 Å². The van der Waals surface area contributed by atoms with Crippen LogP contribution in [0.3, 0.4) is 0 Å². The highest BCUT2D eigenvalue weighted by Gasteiger charge is 2.30. The molecule has 0 saturated carbocycles. The quantitative estimate of drug-likeness (QED) is 0.361. The van der Waals surface area contributed by atoms with Crippen molar-refractivity contribution in [2.24, 2.45) is 0 Å². The molecule has 0 saturated heterocycles. The molecule has 180 valence electrons. The number of nitrogens with one attached hydrogen (secondary N) is 2. The first-order valence-corrected chi connectivity index (χ1v) is 11.0. The lowest BCUT2D eigenvalue weighted by molar-refractivity contribution is -0.133. The molecule has 3 aromatic rings. The number of fused-ring (bicyclic) bond motifs is 1. The van der Waals surface area contributed by atoms with Crippen LogP contribution in [0.5, 0.6) is 17.2 Å². The fraction of sp³-hybridized carbons (Fsp3) is 0.143. The van der Waals surface area contributed by atoms with Crippen molar-refractivity contribution in [3.63, 3.8) is 0 Å². The number of carboxylic acids is 1. The molecule has 35 heavy (non-hydrogen) atoms. The Morgan fingerprint density at radius 3 is 2.23 bits per heavy atom. The first-order valence-electron chi connectivity index (χ1n) is 11.0. The Morgan fingerprint density at radius 2 is 1.63 bits per heavy atom. The first kappa shape index (κ1) is 25.1. The van der Waals surface area contributed by atoms with Crippen molar-refractivity contribution >= 4 is 23.6 Å². The number of hydrogen-bond donors (Lipinski definition) is 3. The van der Waals surface area contributed by atoms with Crippen LogP contribution in [0.4, 0.5) is 0 Å². The minimum absolute atomic E-state index is 0.0110. The van der Waals surface area contributed by atoms with Crippen molar-refractivity contribution in [3.8, 4) is 17.2 Å². The maximum absolute atomic E-state index is 12.0. The van der Waals surface area contributed by atoms with Crippen LogP contribution in [-0.4, -0.2) is 24.4 Å². The van der Waals surface area contributed by atoms with Crippen LogP contribution in [0.1, 0.15) is 30.5 Å². The second kappa shape index (κ2) is 12.1. The summed E-state index contributed by atoms with van der Waals surface area (Å²) in [5.41, 5.74) is 2.94. The third-order valence-corrected chi connectivity index (χ3v) is 5.04. The number of carboxylic acid groups (broad SMARTS) is 1. The van der Waals surface area contributed by atoms with Crippen LogP contribution < -0.4 is 14.8 Å². The molecule has 0 unspecified atom stereocenters. The van der Waals surface area contributed by atoms with Gasteiger partial charge in [-0.25, -0.2) is 4.79 Å². The van der Waals surface area contributed by atoms with Crippen molar-refractivity contribution in [1.29, 1.82) is 5.41 Å². The van der Waals surface area contributed by atoms with Gasteiger partial charge in [-0.15, -0.1) is 0 Å². The third-order valence-electron chi connectivity index (χ3n) is 5.04. The van der Waals surface area contributed by atoms with Crippen LogP contribution in [-0.2, 0) is 16.1 Å². The topological polar surface area (TPSA) is 101 Å². The highest BCUT2D eigenvalue weighted by atomic mass is 16.5. The van der Waals surface area contributed by atoms with Crippen molar-refractivity contribution < 1.29 is 24.1 Å². The van der Waals surface area contributed by atoms with E-state index in [1.54, 1.807) is 14.0 Å². The van der Waals surface area contributed by atoms with Crippen LogP contribution in [0.15, 0.2) is 84.6 Å². The molecule has 0 aromatic heterocycles. The highest BCUT2D eigenvalue weighted by Crippen LogP contribution is 2.40. The molecule has 7 nitrogen and oxygen atoms in total. The van der Waals surface area contributed by atoms with E-state index in [0.29, 0.717) is 22.8 Å². The summed E-state index contributed by atoms with van der Waals surface area (Å²) >= 11 is 0. The van der Waals surface area contributed by atoms with Gasteiger partial charge in [0, 0.05) is 11.3 Å². The Bertz CT molecular complexity index is 1230. The predicted octanol–water partition coefficient (Wildman–Crippen LogP) is 6.08. The first-order chi connectivity index (χ1) is 17.0. The molecule has 1 aliphatic heterocycles. The smallest absolute Gasteiger partial charge is 0.356 e. The lowest BCUT2D eigenvalue weighted by Crippen LogP contribution is -2.26. The second-order valence-corrected chi connectivity index (χ2v) is 7.36. The molecule has 7 heteroatoms. The predicted molar refractivity (Wildman–Crippen MR) is 137 cm³/mol. The second-order valence-electron chi connectivity index (χ2n) is 7.36. The molecule has 1 aliphatic rings. The Morgan fingerprint density at radius 1 is 0.971 bits per heavy atom. The molecule has 0 fully saturated rings. The molecule has 0 radical (unpaired) electrons. The van der Waals surface area contributed by atoms with Gasteiger partial charge in [-0.3, -0.25) is 0 Å². The van der Waals surface area contributed by atoms with Crippen LogP contribution in [0, 0.1) is 5.41 Å². The minimum Gasteiger partial charge on any atom is -0.497 e. The molecular formula is C28H28N2O5. The number of aliphatic carboxylic acids is 1. The van der Waals surface area contributed by atoms with Crippen LogP contribution in [0.25, 0.3) is 11.5 Å². The summed E-state index contributed by atoms with van der Waals surface area (Å²) in [5, 5.41) is 18.9. The number of allylic oxidation sites excluding steroid dienone is 1. The van der Waals surface area contributed by atoms with Gasteiger partial charge in [0.1, 0.15) is 23.9 Å². The van der Waals surface area contributed by atoms with Gasteiger partial charge in [-0.1, -0.05) is 48.5 Å². The lowest BCUT2D eigenvalue weighted by Gasteiger charge is -2.27. The average Bonchev–Trinajstić information content (AvgIpc) is 2.88. The number of rotatable bonds is 7. The standard InChI is InChI=1S/C26H23NO5.C2H5N/c1-3-21-23-20(10-7-11-22(23)32-19-14-12-18(30-2)13-15-19)25(24(27-21)26(28)29)31-16-17-8-5-4-6-9-17;1-2-3/h3-15,27H,16H2,1-2H3,(H,28,29);2-3H,1H3. The van der Waals surface area contributed by atoms with E-state index in [1.807, 2.05) is 85.8 Å². The Hall–Kier alpha value is -4.52. The zero-order valence-electron chi connectivity index (χ0n) is 19.9. The molecule has 4 rings (SSSR count). The number of ether oxygens (including phenoxy) is 3. The Labute approximate surface area is 204 Å². The average molecular weight is 473 g/mol. The largest absolute Gasteiger partial charge is 0.497 e.